The molecular weight excluding hydrogens is 520 g/mol. The van der Waals surface area contributed by atoms with Gasteiger partial charge in [-0.1, -0.05) is 72.3 Å². The fourth-order valence-electron chi connectivity index (χ4n) is 5.37. The van der Waals surface area contributed by atoms with E-state index in [4.69, 9.17) is 9.84 Å². The first-order valence-electron chi connectivity index (χ1n) is 13.6. The molecule has 0 aliphatic carbocycles. The highest BCUT2D eigenvalue weighted by atomic mass is 32.2. The fourth-order valence-corrected chi connectivity index (χ4v) is 6.66. The molecule has 1 aromatic heterocycles. The summed E-state index contributed by atoms with van der Waals surface area (Å²) in [6.45, 7) is 6.19. The normalized spacial score (nSPS) is 17.4. The Balaban J connectivity index is 1.59. The van der Waals surface area contributed by atoms with Crippen molar-refractivity contribution >= 4 is 29.4 Å². The Morgan fingerprint density at radius 1 is 0.950 bits per heavy atom. The quantitative estimate of drug-likeness (QED) is 0.341. The smallest absolute Gasteiger partial charge is 0.242 e. The molecule has 0 bridgehead atoms. The molecule has 2 amide bonds. The van der Waals surface area contributed by atoms with Gasteiger partial charge in [-0.25, -0.2) is 4.68 Å². The van der Waals surface area contributed by atoms with Gasteiger partial charge in [0.15, 0.2) is 0 Å². The third-order valence-electron chi connectivity index (χ3n) is 7.54. The fraction of sp³-hybridized carbons (Fsp3) is 0.281. The molecule has 0 radical (unpaired) electrons. The van der Waals surface area contributed by atoms with Crippen LogP contribution < -0.4 is 4.90 Å². The molecule has 0 saturated carbocycles. The third-order valence-corrected chi connectivity index (χ3v) is 8.78. The number of morpholine rings is 1. The van der Waals surface area contributed by atoms with Gasteiger partial charge in [0.1, 0.15) is 12.4 Å². The first-order chi connectivity index (χ1) is 19.5. The average Bonchev–Trinajstić information content (AvgIpc) is 3.31. The number of anilines is 1. The lowest BCUT2D eigenvalue weighted by atomic mass is 9.97. The summed E-state index contributed by atoms with van der Waals surface area (Å²) < 4.78 is 7.32. The van der Waals surface area contributed by atoms with Crippen LogP contribution in [0.5, 0.6) is 0 Å². The maximum absolute atomic E-state index is 13.9. The van der Waals surface area contributed by atoms with Crippen LogP contribution in [0.25, 0.3) is 16.9 Å². The first-order valence-corrected chi connectivity index (χ1v) is 14.6. The average molecular weight is 553 g/mol. The minimum Gasteiger partial charge on any atom is -0.378 e. The Morgan fingerprint density at radius 3 is 2.38 bits per heavy atom. The van der Waals surface area contributed by atoms with Crippen LogP contribution in [0.1, 0.15) is 27.5 Å². The number of aryl methyl sites for hydroxylation is 2. The zero-order chi connectivity index (χ0) is 27.6. The molecule has 1 saturated heterocycles. The molecule has 2 aliphatic rings. The Morgan fingerprint density at radius 2 is 1.65 bits per heavy atom. The number of ether oxygens (including phenoxy) is 1. The number of fused-ring (bicyclic) bond motifs is 1. The number of carbonyl (C=O) groups is 2. The number of hydrogen-bond donors (Lipinski definition) is 0. The number of thioether (sulfide) groups is 1. The van der Waals surface area contributed by atoms with Crippen molar-refractivity contribution in [3.05, 3.63) is 101 Å². The number of nitrogens with zero attached hydrogens (tertiary/aromatic N) is 4. The van der Waals surface area contributed by atoms with Crippen molar-refractivity contribution in [2.24, 2.45) is 0 Å². The summed E-state index contributed by atoms with van der Waals surface area (Å²) in [4.78, 5) is 30.9. The molecule has 4 aromatic rings. The van der Waals surface area contributed by atoms with E-state index in [-0.39, 0.29) is 29.4 Å². The van der Waals surface area contributed by atoms with E-state index >= 15 is 0 Å². The van der Waals surface area contributed by atoms with E-state index in [9.17, 15) is 9.59 Å². The van der Waals surface area contributed by atoms with Crippen LogP contribution in [0, 0.1) is 13.8 Å². The van der Waals surface area contributed by atoms with Crippen molar-refractivity contribution < 1.29 is 14.3 Å². The van der Waals surface area contributed by atoms with E-state index in [2.05, 4.69) is 31.2 Å². The van der Waals surface area contributed by atoms with Crippen molar-refractivity contribution in [1.29, 1.82) is 0 Å². The van der Waals surface area contributed by atoms with Crippen LogP contribution in [0.4, 0.5) is 5.82 Å². The van der Waals surface area contributed by atoms with Gasteiger partial charge in [-0.05, 0) is 37.1 Å². The van der Waals surface area contributed by atoms with Gasteiger partial charge in [0.05, 0.1) is 35.6 Å². The summed E-state index contributed by atoms with van der Waals surface area (Å²) in [5, 5.41) is 5.04. The van der Waals surface area contributed by atoms with Crippen molar-refractivity contribution in [3.63, 3.8) is 0 Å². The predicted octanol–water partition coefficient (Wildman–Crippen LogP) is 5.18. The Kier molecular flexibility index (Phi) is 7.45. The van der Waals surface area contributed by atoms with E-state index in [1.54, 1.807) is 21.6 Å². The second kappa shape index (κ2) is 11.3. The maximum atomic E-state index is 13.9. The van der Waals surface area contributed by atoms with Crippen LogP contribution in [-0.2, 0) is 14.3 Å². The van der Waals surface area contributed by atoms with E-state index in [0.717, 1.165) is 39.2 Å². The Bertz CT molecular complexity index is 1530. The lowest BCUT2D eigenvalue weighted by Crippen LogP contribution is -2.48. The molecule has 1 atom stereocenters. The third kappa shape index (κ3) is 5.05. The van der Waals surface area contributed by atoms with Crippen LogP contribution in [-0.4, -0.2) is 65.1 Å². The minimum absolute atomic E-state index is 0.0430. The largest absolute Gasteiger partial charge is 0.378 e. The summed E-state index contributed by atoms with van der Waals surface area (Å²) >= 11 is 1.60. The maximum Gasteiger partial charge on any atom is 0.242 e. The van der Waals surface area contributed by atoms with Gasteiger partial charge in [-0.15, -0.1) is 11.8 Å². The van der Waals surface area contributed by atoms with Crippen molar-refractivity contribution in [2.75, 3.05) is 43.5 Å². The number of hydrogen-bond acceptors (Lipinski definition) is 5. The molecule has 2 aliphatic heterocycles. The van der Waals surface area contributed by atoms with Crippen molar-refractivity contribution in [3.8, 4) is 16.9 Å². The van der Waals surface area contributed by atoms with Gasteiger partial charge in [-0.3, -0.25) is 14.5 Å². The van der Waals surface area contributed by atoms with E-state index < -0.39 is 0 Å². The number of amides is 2. The topological polar surface area (TPSA) is 67.7 Å². The minimum atomic E-state index is -0.141. The van der Waals surface area contributed by atoms with Gasteiger partial charge < -0.3 is 9.64 Å². The van der Waals surface area contributed by atoms with Gasteiger partial charge in [-0.2, -0.15) is 5.10 Å². The van der Waals surface area contributed by atoms with Crippen LogP contribution in [0.15, 0.2) is 78.9 Å². The lowest BCUT2D eigenvalue weighted by molar-refractivity contribution is -0.134. The highest BCUT2D eigenvalue weighted by molar-refractivity contribution is 8.00. The van der Waals surface area contributed by atoms with Gasteiger partial charge in [0.2, 0.25) is 11.8 Å². The Hall–Kier alpha value is -3.88. The second-order valence-corrected chi connectivity index (χ2v) is 11.3. The SMILES string of the molecule is Cc1ccc(-n2nc(-c3ccccc3)c3c2N(CC(=O)N2CCOCC2)C(=O)CS[C@H]3c2ccccc2C)cc1. The van der Waals surface area contributed by atoms with Gasteiger partial charge in [0, 0.05) is 24.2 Å². The number of carbonyl (C=O) groups excluding carboxylic acids is 2. The van der Waals surface area contributed by atoms with Gasteiger partial charge in [0.25, 0.3) is 0 Å². The van der Waals surface area contributed by atoms with Gasteiger partial charge >= 0.3 is 0 Å². The van der Waals surface area contributed by atoms with Crippen LogP contribution in [0.3, 0.4) is 0 Å². The molecule has 6 rings (SSSR count). The van der Waals surface area contributed by atoms with Crippen LogP contribution >= 0.6 is 11.8 Å². The molecule has 204 valence electrons. The van der Waals surface area contributed by atoms with E-state index in [1.807, 2.05) is 66.2 Å². The monoisotopic (exact) mass is 552 g/mol. The van der Waals surface area contributed by atoms with Crippen molar-refractivity contribution in [2.45, 2.75) is 19.1 Å². The number of rotatable bonds is 5. The first kappa shape index (κ1) is 26.3. The highest BCUT2D eigenvalue weighted by Crippen LogP contribution is 2.49. The van der Waals surface area contributed by atoms with Crippen molar-refractivity contribution in [1.82, 2.24) is 14.7 Å². The molecule has 3 aromatic carbocycles. The second-order valence-electron chi connectivity index (χ2n) is 10.2. The molecule has 0 spiro atoms. The molecule has 3 heterocycles. The molecule has 0 N–H and O–H groups in total. The molecule has 8 heteroatoms. The van der Waals surface area contributed by atoms with E-state index in [1.165, 1.54) is 0 Å². The van der Waals surface area contributed by atoms with Crippen LogP contribution in [0.2, 0.25) is 0 Å². The zero-order valence-electron chi connectivity index (χ0n) is 22.7. The molecular formula is C32H32N4O3S. The lowest BCUT2D eigenvalue weighted by Gasteiger charge is -2.30. The molecule has 40 heavy (non-hydrogen) atoms. The molecule has 0 unspecified atom stereocenters. The summed E-state index contributed by atoms with van der Waals surface area (Å²) in [6.07, 6.45) is 0. The summed E-state index contributed by atoms with van der Waals surface area (Å²) in [7, 11) is 0. The highest BCUT2D eigenvalue weighted by Gasteiger charge is 2.38. The molecule has 1 fully saturated rings. The Labute approximate surface area is 238 Å². The summed E-state index contributed by atoms with van der Waals surface area (Å²) in [5.74, 6) is 0.732. The summed E-state index contributed by atoms with van der Waals surface area (Å²) in [5.41, 5.74) is 7.01. The summed E-state index contributed by atoms with van der Waals surface area (Å²) in [6, 6.07) is 26.5. The number of aromatic nitrogens is 2. The number of benzene rings is 3. The predicted molar refractivity (Wildman–Crippen MR) is 159 cm³/mol. The standard InChI is InChI=1S/C32H32N4O3S/c1-22-12-14-25(15-13-22)36-32-29(30(33-36)24-9-4-3-5-10-24)31(26-11-7-6-8-23(26)2)40-21-28(38)35(32)20-27(37)34-16-18-39-19-17-34/h3-15,31H,16-21H2,1-2H3/t31-/m0/s1. The molecule has 7 nitrogen and oxygen atoms in total. The van der Waals surface area contributed by atoms with E-state index in [0.29, 0.717) is 32.1 Å². The zero-order valence-corrected chi connectivity index (χ0v) is 23.6.